The van der Waals surface area contributed by atoms with E-state index in [0.717, 1.165) is 17.1 Å². The molecule has 7 nitrogen and oxygen atoms in total. The fourth-order valence-electron chi connectivity index (χ4n) is 4.05. The number of hydrogen-bond acceptors (Lipinski definition) is 5. The number of aryl methyl sites for hydroxylation is 1. The number of aromatic nitrogens is 1. The van der Waals surface area contributed by atoms with E-state index in [0.29, 0.717) is 22.7 Å². The Hall–Kier alpha value is -3.33. The Labute approximate surface area is 210 Å². The van der Waals surface area contributed by atoms with Gasteiger partial charge in [0.15, 0.2) is 16.6 Å². The molecule has 3 aromatic rings. The highest BCUT2D eigenvalue weighted by molar-refractivity contribution is 7.80. The van der Waals surface area contributed by atoms with Crippen molar-refractivity contribution in [3.05, 3.63) is 75.0 Å². The van der Waals surface area contributed by atoms with E-state index in [2.05, 4.69) is 5.32 Å². The molecule has 2 amide bonds. The van der Waals surface area contributed by atoms with Gasteiger partial charge < -0.3 is 14.0 Å². The molecule has 10 heteroatoms. The zero-order chi connectivity index (χ0) is 24.1. The minimum atomic E-state index is -0.592. The molecule has 0 radical (unpaired) electrons. The van der Waals surface area contributed by atoms with Crippen molar-refractivity contribution < 1.29 is 19.1 Å². The van der Waals surface area contributed by atoms with E-state index in [1.54, 1.807) is 24.3 Å². The monoisotopic (exact) mass is 513 g/mol. The van der Waals surface area contributed by atoms with Crippen molar-refractivity contribution in [1.82, 2.24) is 9.88 Å². The van der Waals surface area contributed by atoms with E-state index in [9.17, 15) is 9.59 Å². The van der Waals surface area contributed by atoms with Gasteiger partial charge in [0, 0.05) is 23.1 Å². The van der Waals surface area contributed by atoms with Crippen LogP contribution in [0.2, 0.25) is 10.0 Å². The van der Waals surface area contributed by atoms with Crippen molar-refractivity contribution in [3.8, 4) is 17.2 Å². The fourth-order valence-corrected chi connectivity index (χ4v) is 4.71. The quantitative estimate of drug-likeness (QED) is 0.304. The first-order valence-corrected chi connectivity index (χ1v) is 11.4. The van der Waals surface area contributed by atoms with Crippen LogP contribution in [0.3, 0.4) is 0 Å². The van der Waals surface area contributed by atoms with Gasteiger partial charge in [0.1, 0.15) is 5.57 Å². The molecule has 3 heterocycles. The summed E-state index contributed by atoms with van der Waals surface area (Å²) in [5.74, 6) is 0.172. The highest BCUT2D eigenvalue weighted by Gasteiger charge is 2.36. The minimum absolute atomic E-state index is 0.0675. The van der Waals surface area contributed by atoms with E-state index < -0.39 is 11.8 Å². The van der Waals surface area contributed by atoms with Crippen LogP contribution in [0.5, 0.6) is 11.5 Å². The molecular weight excluding hydrogens is 497 g/mol. The first kappa shape index (κ1) is 22.5. The van der Waals surface area contributed by atoms with Gasteiger partial charge in [0.2, 0.25) is 6.79 Å². The van der Waals surface area contributed by atoms with Crippen molar-refractivity contribution in [2.45, 2.75) is 13.8 Å². The molecule has 2 aliphatic rings. The summed E-state index contributed by atoms with van der Waals surface area (Å²) in [6.45, 7) is 4.03. The van der Waals surface area contributed by atoms with Crippen molar-refractivity contribution >= 4 is 64.1 Å². The van der Waals surface area contributed by atoms with Gasteiger partial charge in [-0.1, -0.05) is 29.3 Å². The maximum Gasteiger partial charge on any atom is 0.270 e. The van der Waals surface area contributed by atoms with Gasteiger partial charge >= 0.3 is 0 Å². The lowest BCUT2D eigenvalue weighted by Gasteiger charge is -2.29. The zero-order valence-electron chi connectivity index (χ0n) is 18.0. The SMILES string of the molecule is Cc1cc(/C=C2\C(=O)NC(=S)N(c3cccc(Cl)c3Cl)C2=O)c(C)n1-c1ccc2c(c1)OCO2. The number of rotatable bonds is 3. The predicted octanol–water partition coefficient (Wildman–Crippen LogP) is 4.96. The second kappa shape index (κ2) is 8.47. The molecular formula is C24H17Cl2N3O4S. The molecule has 1 N–H and O–H groups in total. The summed E-state index contributed by atoms with van der Waals surface area (Å²) >= 11 is 17.7. The molecule has 1 fully saturated rings. The number of ether oxygens (including phenoxy) is 2. The highest BCUT2D eigenvalue weighted by atomic mass is 35.5. The van der Waals surface area contributed by atoms with Crippen molar-refractivity contribution in [2.24, 2.45) is 0 Å². The number of carbonyl (C=O) groups is 2. The smallest absolute Gasteiger partial charge is 0.270 e. The van der Waals surface area contributed by atoms with Crippen molar-refractivity contribution in [3.63, 3.8) is 0 Å². The lowest BCUT2D eigenvalue weighted by atomic mass is 10.1. The standard InChI is InChI=1S/C24H17Cl2N3O4S/c1-12-8-14(13(2)28(12)15-6-7-19-20(10-15)33-11-32-19)9-16-22(30)27-24(34)29(23(16)31)18-5-3-4-17(25)21(18)26/h3-10H,11H2,1-2H3,(H,27,30,34)/b16-9+. The molecule has 1 aromatic heterocycles. The van der Waals surface area contributed by atoms with Gasteiger partial charge in [0.05, 0.1) is 15.7 Å². The molecule has 34 heavy (non-hydrogen) atoms. The summed E-state index contributed by atoms with van der Waals surface area (Å²) < 4.78 is 12.9. The Morgan fingerprint density at radius 3 is 2.62 bits per heavy atom. The number of halogens is 2. The van der Waals surface area contributed by atoms with E-state index in [1.165, 1.54) is 4.90 Å². The van der Waals surface area contributed by atoms with Gasteiger partial charge in [-0.25, -0.2) is 0 Å². The minimum Gasteiger partial charge on any atom is -0.454 e. The first-order valence-electron chi connectivity index (χ1n) is 10.2. The maximum absolute atomic E-state index is 13.4. The van der Waals surface area contributed by atoms with Crippen LogP contribution in [-0.4, -0.2) is 28.3 Å². The number of hydrogen-bond donors (Lipinski definition) is 1. The van der Waals surface area contributed by atoms with Crippen molar-refractivity contribution in [2.75, 3.05) is 11.7 Å². The number of thiocarbonyl (C=S) groups is 1. The Bertz CT molecular complexity index is 1430. The lowest BCUT2D eigenvalue weighted by molar-refractivity contribution is -0.122. The number of nitrogens with zero attached hydrogens (tertiary/aromatic N) is 2. The summed E-state index contributed by atoms with van der Waals surface area (Å²) in [5.41, 5.74) is 3.55. The number of carbonyl (C=O) groups excluding carboxylic acids is 2. The highest BCUT2D eigenvalue weighted by Crippen LogP contribution is 2.36. The summed E-state index contributed by atoms with van der Waals surface area (Å²) in [5, 5.41) is 2.93. The Balaban J connectivity index is 1.56. The summed E-state index contributed by atoms with van der Waals surface area (Å²) in [7, 11) is 0. The molecule has 2 aromatic carbocycles. The molecule has 2 aliphatic heterocycles. The predicted molar refractivity (Wildman–Crippen MR) is 134 cm³/mol. The second-order valence-corrected chi connectivity index (χ2v) is 8.90. The lowest BCUT2D eigenvalue weighted by Crippen LogP contribution is -2.54. The fraction of sp³-hybridized carbons (Fsp3) is 0.125. The summed E-state index contributed by atoms with van der Waals surface area (Å²) in [6.07, 6.45) is 1.55. The third-order valence-corrected chi connectivity index (χ3v) is 6.75. The number of benzene rings is 2. The topological polar surface area (TPSA) is 72.8 Å². The Morgan fingerprint density at radius 2 is 1.82 bits per heavy atom. The molecule has 0 bridgehead atoms. The van der Waals surface area contributed by atoms with Crippen LogP contribution >= 0.6 is 35.4 Å². The molecule has 0 aliphatic carbocycles. The molecule has 172 valence electrons. The van der Waals surface area contributed by atoms with Gasteiger partial charge in [-0.15, -0.1) is 0 Å². The van der Waals surface area contributed by atoms with Crippen LogP contribution in [0.4, 0.5) is 5.69 Å². The van der Waals surface area contributed by atoms with Gasteiger partial charge in [0.25, 0.3) is 11.8 Å². The number of nitrogens with one attached hydrogen (secondary N) is 1. The number of fused-ring (bicyclic) bond motifs is 1. The Kier molecular flexibility index (Phi) is 5.59. The molecule has 1 saturated heterocycles. The Morgan fingerprint density at radius 1 is 1.06 bits per heavy atom. The van der Waals surface area contributed by atoms with Crippen LogP contribution < -0.4 is 19.7 Å². The largest absolute Gasteiger partial charge is 0.454 e. The second-order valence-electron chi connectivity index (χ2n) is 7.73. The van der Waals surface area contributed by atoms with E-state index in [-0.39, 0.29) is 27.5 Å². The molecule has 5 rings (SSSR count). The summed E-state index contributed by atoms with van der Waals surface area (Å²) in [4.78, 5) is 27.3. The van der Waals surface area contributed by atoms with E-state index >= 15 is 0 Å². The van der Waals surface area contributed by atoms with Gasteiger partial charge in [-0.2, -0.15) is 0 Å². The molecule has 0 saturated carbocycles. The first-order chi connectivity index (χ1) is 16.3. The average molecular weight is 514 g/mol. The van der Waals surface area contributed by atoms with Crippen molar-refractivity contribution in [1.29, 1.82) is 0 Å². The average Bonchev–Trinajstić information content (AvgIpc) is 3.37. The molecule has 0 atom stereocenters. The maximum atomic E-state index is 13.4. The van der Waals surface area contributed by atoms with Crippen LogP contribution in [0.25, 0.3) is 11.8 Å². The van der Waals surface area contributed by atoms with Gasteiger partial charge in [-0.05, 0) is 68.0 Å². The molecule has 0 unspecified atom stereocenters. The van der Waals surface area contributed by atoms with Crippen LogP contribution in [-0.2, 0) is 9.59 Å². The van der Waals surface area contributed by atoms with Crippen LogP contribution in [0.1, 0.15) is 17.0 Å². The van der Waals surface area contributed by atoms with Crippen LogP contribution in [0.15, 0.2) is 48.0 Å². The number of amides is 2. The third-order valence-electron chi connectivity index (χ3n) is 5.66. The van der Waals surface area contributed by atoms with Crippen LogP contribution in [0, 0.1) is 13.8 Å². The van der Waals surface area contributed by atoms with E-state index in [4.69, 9.17) is 44.9 Å². The van der Waals surface area contributed by atoms with E-state index in [1.807, 2.05) is 42.7 Å². The third kappa shape index (κ3) is 3.64. The molecule has 0 spiro atoms. The normalized spacial score (nSPS) is 16.4. The number of anilines is 1. The van der Waals surface area contributed by atoms with Gasteiger partial charge in [-0.3, -0.25) is 19.8 Å². The summed E-state index contributed by atoms with van der Waals surface area (Å²) in [6, 6.07) is 12.4. The zero-order valence-corrected chi connectivity index (χ0v) is 20.3.